The summed E-state index contributed by atoms with van der Waals surface area (Å²) >= 11 is 3.19. The van der Waals surface area contributed by atoms with Crippen molar-refractivity contribution in [3.63, 3.8) is 0 Å². The third-order valence-corrected chi connectivity index (χ3v) is 7.29. The summed E-state index contributed by atoms with van der Waals surface area (Å²) in [4.78, 5) is 23.1. The van der Waals surface area contributed by atoms with Crippen molar-refractivity contribution in [2.24, 2.45) is 0 Å². The molecule has 5 aromatic rings. The van der Waals surface area contributed by atoms with Gasteiger partial charge in [-0.1, -0.05) is 84.6 Å². The summed E-state index contributed by atoms with van der Waals surface area (Å²) in [5.41, 5.74) is 3.89. The molecule has 1 atom stereocenters. The Labute approximate surface area is 194 Å². The topological polar surface area (TPSA) is 47.8 Å². The van der Waals surface area contributed by atoms with Crippen LogP contribution < -0.4 is 5.56 Å². The number of aromatic nitrogens is 3. The smallest absolute Gasteiger partial charge is 0.262 e. The van der Waals surface area contributed by atoms with E-state index in [4.69, 9.17) is 9.97 Å². The predicted molar refractivity (Wildman–Crippen MR) is 133 cm³/mol. The molecular formula is C26H21N3OS2. The number of thiazole rings is 1. The normalized spacial score (nSPS) is 12.2. The van der Waals surface area contributed by atoms with Crippen LogP contribution in [0.25, 0.3) is 21.5 Å². The summed E-state index contributed by atoms with van der Waals surface area (Å²) < 4.78 is 1.81. The fourth-order valence-electron chi connectivity index (χ4n) is 3.67. The van der Waals surface area contributed by atoms with Gasteiger partial charge in [-0.2, -0.15) is 0 Å². The Morgan fingerprint density at radius 2 is 1.59 bits per heavy atom. The molecule has 6 heteroatoms. The first kappa shape index (κ1) is 20.7. The van der Waals surface area contributed by atoms with Gasteiger partial charge in [0.2, 0.25) is 0 Å². The summed E-state index contributed by atoms with van der Waals surface area (Å²) in [7, 11) is 0. The Balaban J connectivity index is 1.50. The van der Waals surface area contributed by atoms with Gasteiger partial charge in [0.1, 0.15) is 5.01 Å². The van der Waals surface area contributed by atoms with E-state index in [0.717, 1.165) is 27.3 Å². The predicted octanol–water partition coefficient (Wildman–Crippen LogP) is 6.42. The molecule has 0 radical (unpaired) electrons. The Bertz CT molecular complexity index is 1410. The molecule has 0 N–H and O–H groups in total. The van der Waals surface area contributed by atoms with Crippen molar-refractivity contribution in [2.75, 3.05) is 0 Å². The van der Waals surface area contributed by atoms with Crippen LogP contribution in [-0.4, -0.2) is 14.5 Å². The van der Waals surface area contributed by atoms with Gasteiger partial charge in [0.25, 0.3) is 5.56 Å². The lowest BCUT2D eigenvalue weighted by atomic mass is 10.1. The van der Waals surface area contributed by atoms with Gasteiger partial charge >= 0.3 is 0 Å². The number of para-hydroxylation sites is 1. The van der Waals surface area contributed by atoms with E-state index in [1.54, 1.807) is 23.1 Å². The van der Waals surface area contributed by atoms with Crippen LogP contribution in [0.1, 0.15) is 24.2 Å². The van der Waals surface area contributed by atoms with Crippen LogP contribution in [0.5, 0.6) is 0 Å². The monoisotopic (exact) mass is 455 g/mol. The van der Waals surface area contributed by atoms with Gasteiger partial charge in [-0.05, 0) is 24.6 Å². The van der Waals surface area contributed by atoms with Crippen LogP contribution in [0.3, 0.4) is 0 Å². The highest BCUT2D eigenvalue weighted by molar-refractivity contribution is 7.98. The highest BCUT2D eigenvalue weighted by Crippen LogP contribution is 2.29. The Morgan fingerprint density at radius 3 is 2.38 bits per heavy atom. The van der Waals surface area contributed by atoms with Crippen molar-refractivity contribution in [1.29, 1.82) is 0 Å². The molecule has 0 aliphatic rings. The average molecular weight is 456 g/mol. The molecule has 2 aromatic heterocycles. The van der Waals surface area contributed by atoms with E-state index in [9.17, 15) is 4.79 Å². The zero-order chi connectivity index (χ0) is 21.9. The van der Waals surface area contributed by atoms with Gasteiger partial charge in [-0.3, -0.25) is 9.36 Å². The van der Waals surface area contributed by atoms with Gasteiger partial charge in [0.15, 0.2) is 5.16 Å². The van der Waals surface area contributed by atoms with Gasteiger partial charge in [-0.25, -0.2) is 9.97 Å². The Hall–Kier alpha value is -3.22. The van der Waals surface area contributed by atoms with E-state index in [1.807, 2.05) is 84.3 Å². The Morgan fingerprint density at radius 1 is 0.906 bits per heavy atom. The fourth-order valence-corrected chi connectivity index (χ4v) is 5.57. The molecule has 3 aromatic carbocycles. The van der Waals surface area contributed by atoms with E-state index in [-0.39, 0.29) is 11.6 Å². The standard InChI is InChI=1S/C26H21N3OS2/c1-18(19-10-4-2-5-11-19)29-25(30)22-14-8-9-15-23(22)28-26(29)32-17-21-16-31-24(27-21)20-12-6-3-7-13-20/h2-16,18H,17H2,1H3. The molecule has 0 saturated carbocycles. The third-order valence-electron chi connectivity index (χ3n) is 5.37. The molecule has 0 fully saturated rings. The maximum Gasteiger partial charge on any atom is 0.262 e. The van der Waals surface area contributed by atoms with Crippen molar-refractivity contribution in [1.82, 2.24) is 14.5 Å². The first-order chi connectivity index (χ1) is 15.7. The molecule has 4 nitrogen and oxygen atoms in total. The molecular weight excluding hydrogens is 434 g/mol. The molecule has 0 spiro atoms. The second-order valence-corrected chi connectivity index (χ2v) is 9.27. The number of fused-ring (bicyclic) bond motifs is 1. The molecule has 2 heterocycles. The largest absolute Gasteiger partial charge is 0.280 e. The van der Waals surface area contributed by atoms with E-state index in [0.29, 0.717) is 16.3 Å². The SMILES string of the molecule is CC(c1ccccc1)n1c(SCc2csc(-c3ccccc3)n2)nc2ccccc2c1=O. The molecule has 32 heavy (non-hydrogen) atoms. The summed E-state index contributed by atoms with van der Waals surface area (Å²) in [5, 5.41) is 4.43. The maximum absolute atomic E-state index is 13.5. The zero-order valence-electron chi connectivity index (χ0n) is 17.5. The van der Waals surface area contributed by atoms with Gasteiger partial charge < -0.3 is 0 Å². The minimum Gasteiger partial charge on any atom is -0.280 e. The highest BCUT2D eigenvalue weighted by atomic mass is 32.2. The van der Waals surface area contributed by atoms with Crippen LogP contribution >= 0.6 is 23.1 Å². The second-order valence-electron chi connectivity index (χ2n) is 7.47. The third kappa shape index (κ3) is 4.11. The number of benzene rings is 3. The maximum atomic E-state index is 13.5. The molecule has 1 unspecified atom stereocenters. The van der Waals surface area contributed by atoms with Crippen molar-refractivity contribution >= 4 is 34.0 Å². The molecule has 5 rings (SSSR count). The number of hydrogen-bond acceptors (Lipinski definition) is 5. The average Bonchev–Trinajstić information content (AvgIpc) is 3.33. The minimum atomic E-state index is -0.126. The van der Waals surface area contributed by atoms with Gasteiger partial charge in [-0.15, -0.1) is 11.3 Å². The minimum absolute atomic E-state index is 0.0160. The molecule has 0 aliphatic heterocycles. The first-order valence-electron chi connectivity index (χ1n) is 10.4. The molecule has 158 valence electrons. The lowest BCUT2D eigenvalue weighted by Gasteiger charge is -2.19. The van der Waals surface area contributed by atoms with Crippen LogP contribution in [0.15, 0.2) is 100 Å². The van der Waals surface area contributed by atoms with E-state index >= 15 is 0 Å². The summed E-state index contributed by atoms with van der Waals surface area (Å²) in [6, 6.07) is 27.7. The van der Waals surface area contributed by atoms with Gasteiger partial charge in [0.05, 0.1) is 22.6 Å². The number of thioether (sulfide) groups is 1. The second kappa shape index (κ2) is 9.10. The summed E-state index contributed by atoms with van der Waals surface area (Å²) in [6.07, 6.45) is 0. The lowest BCUT2D eigenvalue weighted by Crippen LogP contribution is -2.27. The van der Waals surface area contributed by atoms with E-state index < -0.39 is 0 Å². The van der Waals surface area contributed by atoms with E-state index in [1.165, 1.54) is 0 Å². The molecule has 0 amide bonds. The van der Waals surface area contributed by atoms with Crippen molar-refractivity contribution in [2.45, 2.75) is 23.9 Å². The van der Waals surface area contributed by atoms with Crippen LogP contribution in [-0.2, 0) is 5.75 Å². The zero-order valence-corrected chi connectivity index (χ0v) is 19.1. The quantitative estimate of drug-likeness (QED) is 0.219. The fraction of sp³-hybridized carbons (Fsp3) is 0.115. The van der Waals surface area contributed by atoms with E-state index in [2.05, 4.69) is 17.5 Å². The molecule has 0 saturated heterocycles. The van der Waals surface area contributed by atoms with Crippen molar-refractivity contribution < 1.29 is 0 Å². The highest BCUT2D eigenvalue weighted by Gasteiger charge is 2.18. The van der Waals surface area contributed by atoms with Crippen molar-refractivity contribution in [3.8, 4) is 10.6 Å². The van der Waals surface area contributed by atoms with Crippen molar-refractivity contribution in [3.05, 3.63) is 112 Å². The van der Waals surface area contributed by atoms with Gasteiger partial charge in [0, 0.05) is 16.7 Å². The molecule has 0 bridgehead atoms. The summed E-state index contributed by atoms with van der Waals surface area (Å²) in [6.45, 7) is 2.05. The number of hydrogen-bond donors (Lipinski definition) is 0. The number of rotatable bonds is 6. The lowest BCUT2D eigenvalue weighted by molar-refractivity contribution is 0.548. The van der Waals surface area contributed by atoms with Crippen LogP contribution in [0, 0.1) is 0 Å². The van der Waals surface area contributed by atoms with Crippen LogP contribution in [0.4, 0.5) is 0 Å². The molecule has 0 aliphatic carbocycles. The van der Waals surface area contributed by atoms with Crippen LogP contribution in [0.2, 0.25) is 0 Å². The summed E-state index contributed by atoms with van der Waals surface area (Å²) in [5.74, 6) is 0.648. The Kier molecular flexibility index (Phi) is 5.88. The first-order valence-corrected chi connectivity index (χ1v) is 12.3. The number of nitrogens with zero attached hydrogens (tertiary/aromatic N) is 3.